The highest BCUT2D eigenvalue weighted by atomic mass is 32.2. The molecule has 0 aliphatic heterocycles. The summed E-state index contributed by atoms with van der Waals surface area (Å²) in [5, 5.41) is 0.665. The number of hydrazine groups is 1. The Kier molecular flexibility index (Phi) is 4.64. The molecule has 0 unspecified atom stereocenters. The minimum absolute atomic E-state index is 0.143. The quantitative estimate of drug-likeness (QED) is 0.260. The van der Waals surface area contributed by atoms with Crippen molar-refractivity contribution in [2.75, 3.05) is 5.75 Å². The molecule has 1 aromatic rings. The van der Waals surface area contributed by atoms with Gasteiger partial charge in [-0.1, -0.05) is 11.8 Å². The number of aryl methyl sites for hydroxylation is 2. The summed E-state index contributed by atoms with van der Waals surface area (Å²) < 4.78 is 5.37. The molecule has 0 saturated carbocycles. The van der Waals surface area contributed by atoms with Crippen LogP contribution in [0.15, 0.2) is 9.64 Å². The highest BCUT2D eigenvalue weighted by Crippen LogP contribution is 2.20. The fourth-order valence-corrected chi connectivity index (χ4v) is 1.82. The predicted molar refractivity (Wildman–Crippen MR) is 58.3 cm³/mol. The van der Waals surface area contributed by atoms with Crippen molar-refractivity contribution in [3.63, 3.8) is 0 Å². The van der Waals surface area contributed by atoms with Gasteiger partial charge in [-0.3, -0.25) is 10.2 Å². The number of nitrogens with two attached hydrogens (primary N) is 1. The summed E-state index contributed by atoms with van der Waals surface area (Å²) in [6, 6.07) is 0. The Bertz CT molecular complexity index is 319. The van der Waals surface area contributed by atoms with Gasteiger partial charge < -0.3 is 4.42 Å². The SMILES string of the molecule is Cc1nc(SCCCC(=O)NN)oc1C. The predicted octanol–water partition coefficient (Wildman–Crippen LogP) is 1.15. The largest absolute Gasteiger partial charge is 0.437 e. The number of thioether (sulfide) groups is 1. The van der Waals surface area contributed by atoms with E-state index in [9.17, 15) is 4.79 Å². The highest BCUT2D eigenvalue weighted by molar-refractivity contribution is 7.99. The number of carbonyl (C=O) groups is 1. The number of nitrogens with zero attached hydrogens (tertiary/aromatic N) is 1. The minimum Gasteiger partial charge on any atom is -0.437 e. The zero-order valence-corrected chi connectivity index (χ0v) is 9.69. The van der Waals surface area contributed by atoms with Gasteiger partial charge in [0.15, 0.2) is 0 Å². The summed E-state index contributed by atoms with van der Waals surface area (Å²) in [5.74, 6) is 6.45. The lowest BCUT2D eigenvalue weighted by atomic mass is 10.3. The van der Waals surface area contributed by atoms with Gasteiger partial charge in [0.2, 0.25) is 5.91 Å². The van der Waals surface area contributed by atoms with Gasteiger partial charge in [-0.2, -0.15) is 0 Å². The van der Waals surface area contributed by atoms with Crippen LogP contribution in [0.4, 0.5) is 0 Å². The minimum atomic E-state index is -0.143. The van der Waals surface area contributed by atoms with Gasteiger partial charge in [0.05, 0.1) is 5.69 Å². The first kappa shape index (κ1) is 12.1. The Hall–Kier alpha value is -1.01. The summed E-state index contributed by atoms with van der Waals surface area (Å²) in [4.78, 5) is 15.0. The number of hydrogen-bond donors (Lipinski definition) is 2. The maximum Gasteiger partial charge on any atom is 0.256 e. The first-order chi connectivity index (χ1) is 7.13. The third kappa shape index (κ3) is 3.93. The molecule has 1 aromatic heterocycles. The summed E-state index contributed by atoms with van der Waals surface area (Å²) >= 11 is 1.51. The molecule has 3 N–H and O–H groups in total. The number of oxazole rings is 1. The topological polar surface area (TPSA) is 81.2 Å². The maximum atomic E-state index is 10.8. The molecule has 0 fully saturated rings. The van der Waals surface area contributed by atoms with E-state index in [1.165, 1.54) is 11.8 Å². The number of nitrogens with one attached hydrogen (secondary N) is 1. The van der Waals surface area contributed by atoms with Crippen LogP contribution >= 0.6 is 11.8 Å². The molecule has 0 atom stereocenters. The van der Waals surface area contributed by atoms with Gasteiger partial charge >= 0.3 is 0 Å². The van der Waals surface area contributed by atoms with E-state index < -0.39 is 0 Å². The molecule has 0 radical (unpaired) electrons. The summed E-state index contributed by atoms with van der Waals surface area (Å²) in [6.45, 7) is 3.79. The van der Waals surface area contributed by atoms with E-state index in [0.717, 1.165) is 23.6 Å². The van der Waals surface area contributed by atoms with Crippen molar-refractivity contribution in [2.45, 2.75) is 31.9 Å². The fraction of sp³-hybridized carbons (Fsp3) is 0.556. The second-order valence-electron chi connectivity index (χ2n) is 3.14. The molecule has 0 aliphatic carbocycles. The summed E-state index contributed by atoms with van der Waals surface area (Å²) in [7, 11) is 0. The monoisotopic (exact) mass is 229 g/mol. The fourth-order valence-electron chi connectivity index (χ4n) is 0.969. The first-order valence-corrected chi connectivity index (χ1v) is 5.68. The molecule has 5 nitrogen and oxygen atoms in total. The number of carbonyl (C=O) groups excluding carboxylic acids is 1. The number of rotatable bonds is 5. The van der Waals surface area contributed by atoms with Crippen molar-refractivity contribution >= 4 is 17.7 Å². The third-order valence-electron chi connectivity index (χ3n) is 1.94. The zero-order valence-electron chi connectivity index (χ0n) is 8.87. The summed E-state index contributed by atoms with van der Waals surface area (Å²) in [5.41, 5.74) is 3.00. The van der Waals surface area contributed by atoms with Crippen molar-refractivity contribution in [3.05, 3.63) is 11.5 Å². The van der Waals surface area contributed by atoms with E-state index in [4.69, 9.17) is 10.3 Å². The van der Waals surface area contributed by atoms with Gasteiger partial charge in [-0.15, -0.1) is 0 Å². The van der Waals surface area contributed by atoms with Gasteiger partial charge in [-0.25, -0.2) is 10.8 Å². The Labute approximate surface area is 92.8 Å². The number of amides is 1. The average Bonchev–Trinajstić information content (AvgIpc) is 2.53. The molecule has 1 heterocycles. The average molecular weight is 229 g/mol. The van der Waals surface area contributed by atoms with Crippen molar-refractivity contribution in [2.24, 2.45) is 5.84 Å². The van der Waals surface area contributed by atoms with Gasteiger partial charge in [-0.05, 0) is 20.3 Å². The van der Waals surface area contributed by atoms with Crippen LogP contribution in [-0.4, -0.2) is 16.6 Å². The van der Waals surface area contributed by atoms with Crippen molar-refractivity contribution in [3.8, 4) is 0 Å². The lowest BCUT2D eigenvalue weighted by Gasteiger charge is -1.97. The molecule has 1 rings (SSSR count). The van der Waals surface area contributed by atoms with E-state index >= 15 is 0 Å². The molecule has 6 heteroatoms. The Morgan fingerprint density at radius 2 is 2.33 bits per heavy atom. The van der Waals surface area contributed by atoms with Crippen LogP contribution in [0.5, 0.6) is 0 Å². The zero-order chi connectivity index (χ0) is 11.3. The van der Waals surface area contributed by atoms with Crippen LogP contribution in [0.2, 0.25) is 0 Å². The van der Waals surface area contributed by atoms with Crippen LogP contribution in [-0.2, 0) is 4.79 Å². The van der Waals surface area contributed by atoms with Crippen molar-refractivity contribution < 1.29 is 9.21 Å². The van der Waals surface area contributed by atoms with E-state index in [2.05, 4.69) is 10.4 Å². The molecule has 1 amide bonds. The highest BCUT2D eigenvalue weighted by Gasteiger charge is 2.06. The van der Waals surface area contributed by atoms with E-state index in [-0.39, 0.29) is 5.91 Å². The van der Waals surface area contributed by atoms with Crippen molar-refractivity contribution in [1.82, 2.24) is 10.4 Å². The molecule has 0 spiro atoms. The molecule has 0 aromatic carbocycles. The lowest BCUT2D eigenvalue weighted by Crippen LogP contribution is -2.29. The van der Waals surface area contributed by atoms with E-state index in [0.29, 0.717) is 11.6 Å². The maximum absolute atomic E-state index is 10.8. The second kappa shape index (κ2) is 5.77. The second-order valence-corrected chi connectivity index (χ2v) is 4.19. The van der Waals surface area contributed by atoms with Crippen LogP contribution in [0.1, 0.15) is 24.3 Å². The van der Waals surface area contributed by atoms with Crippen LogP contribution in [0.3, 0.4) is 0 Å². The summed E-state index contributed by atoms with van der Waals surface area (Å²) in [6.07, 6.45) is 1.19. The van der Waals surface area contributed by atoms with Crippen molar-refractivity contribution in [1.29, 1.82) is 0 Å². The number of aromatic nitrogens is 1. The molecule has 0 aliphatic rings. The normalized spacial score (nSPS) is 10.3. The molecular weight excluding hydrogens is 214 g/mol. The van der Waals surface area contributed by atoms with Crippen LogP contribution in [0.25, 0.3) is 0 Å². The standard InChI is InChI=1S/C9H15N3O2S/c1-6-7(2)14-9(11-6)15-5-3-4-8(13)12-10/h3-5,10H2,1-2H3,(H,12,13). The molecule has 15 heavy (non-hydrogen) atoms. The Morgan fingerprint density at radius 3 is 2.87 bits per heavy atom. The van der Waals surface area contributed by atoms with Crippen LogP contribution < -0.4 is 11.3 Å². The Balaban J connectivity index is 2.23. The molecule has 0 bridgehead atoms. The van der Waals surface area contributed by atoms with Gasteiger partial charge in [0, 0.05) is 12.2 Å². The molecular formula is C9H15N3O2S. The van der Waals surface area contributed by atoms with E-state index in [1.54, 1.807) is 0 Å². The van der Waals surface area contributed by atoms with Gasteiger partial charge in [0.25, 0.3) is 5.22 Å². The van der Waals surface area contributed by atoms with Gasteiger partial charge in [0.1, 0.15) is 5.76 Å². The third-order valence-corrected chi connectivity index (χ3v) is 2.86. The van der Waals surface area contributed by atoms with E-state index in [1.807, 2.05) is 13.8 Å². The number of hydrogen-bond acceptors (Lipinski definition) is 5. The Morgan fingerprint density at radius 1 is 1.60 bits per heavy atom. The molecule has 84 valence electrons. The first-order valence-electron chi connectivity index (χ1n) is 4.69. The smallest absolute Gasteiger partial charge is 0.256 e. The van der Waals surface area contributed by atoms with Crippen LogP contribution in [0, 0.1) is 13.8 Å². The lowest BCUT2D eigenvalue weighted by molar-refractivity contribution is -0.121. The molecule has 0 saturated heterocycles.